The number of hydrogen-bond donors (Lipinski definition) is 2. The minimum Gasteiger partial charge on any atom is -0.480 e. The zero-order valence-electron chi connectivity index (χ0n) is 12.1. The van der Waals surface area contributed by atoms with Gasteiger partial charge in [-0.3, -0.25) is 14.5 Å². The van der Waals surface area contributed by atoms with Gasteiger partial charge in [0.25, 0.3) is 0 Å². The number of carbonyl (C=O) groups is 2. The van der Waals surface area contributed by atoms with E-state index < -0.39 is 5.97 Å². The third-order valence-corrected chi connectivity index (χ3v) is 3.56. The summed E-state index contributed by atoms with van der Waals surface area (Å²) in [6.45, 7) is 0.754. The smallest absolute Gasteiger partial charge is 0.317 e. The van der Waals surface area contributed by atoms with Crippen molar-refractivity contribution < 1.29 is 14.7 Å². The second kappa shape index (κ2) is 7.78. The van der Waals surface area contributed by atoms with Crippen LogP contribution in [0.5, 0.6) is 0 Å². The summed E-state index contributed by atoms with van der Waals surface area (Å²) in [4.78, 5) is 24.3. The van der Waals surface area contributed by atoms with E-state index in [1.807, 2.05) is 18.2 Å². The van der Waals surface area contributed by atoms with Gasteiger partial charge in [0.05, 0.1) is 13.1 Å². The Bertz CT molecular complexity index is 472. The minimum absolute atomic E-state index is 0.0535. The fraction of sp³-hybridized carbons (Fsp3) is 0.500. The van der Waals surface area contributed by atoms with Crippen molar-refractivity contribution >= 4 is 11.9 Å². The molecule has 1 aliphatic carbocycles. The molecule has 0 bridgehead atoms. The van der Waals surface area contributed by atoms with Crippen LogP contribution in [0.15, 0.2) is 30.3 Å². The number of nitrogens with one attached hydrogen (secondary N) is 1. The molecule has 1 fully saturated rings. The molecule has 1 aliphatic rings. The second-order valence-electron chi connectivity index (χ2n) is 5.47. The summed E-state index contributed by atoms with van der Waals surface area (Å²) in [6, 6.07) is 10.4. The first-order valence-electron chi connectivity index (χ1n) is 7.41. The molecule has 2 rings (SSSR count). The molecule has 0 radical (unpaired) electrons. The van der Waals surface area contributed by atoms with Gasteiger partial charge < -0.3 is 10.4 Å². The predicted molar refractivity (Wildman–Crippen MR) is 80.0 cm³/mol. The van der Waals surface area contributed by atoms with Crippen molar-refractivity contribution in [3.8, 4) is 0 Å². The van der Waals surface area contributed by atoms with E-state index in [9.17, 15) is 9.59 Å². The van der Waals surface area contributed by atoms with Crippen LogP contribution in [0.25, 0.3) is 0 Å². The van der Waals surface area contributed by atoms with E-state index in [0.29, 0.717) is 6.54 Å². The Hall–Kier alpha value is -1.88. The van der Waals surface area contributed by atoms with Crippen LogP contribution in [-0.4, -0.2) is 47.6 Å². The molecule has 114 valence electrons. The Balaban J connectivity index is 1.63. The summed E-state index contributed by atoms with van der Waals surface area (Å²) in [5, 5.41) is 11.7. The van der Waals surface area contributed by atoms with E-state index in [0.717, 1.165) is 25.7 Å². The number of nitrogens with zero attached hydrogens (tertiary/aromatic N) is 1. The van der Waals surface area contributed by atoms with Crippen LogP contribution >= 0.6 is 0 Å². The summed E-state index contributed by atoms with van der Waals surface area (Å²) < 4.78 is 0. The normalized spacial score (nSPS) is 14.1. The lowest BCUT2D eigenvalue weighted by Gasteiger charge is -2.18. The van der Waals surface area contributed by atoms with Crippen LogP contribution < -0.4 is 5.32 Å². The number of benzene rings is 1. The van der Waals surface area contributed by atoms with Crippen molar-refractivity contribution in [2.45, 2.75) is 31.7 Å². The van der Waals surface area contributed by atoms with Gasteiger partial charge >= 0.3 is 5.97 Å². The third-order valence-electron chi connectivity index (χ3n) is 3.56. The summed E-state index contributed by atoms with van der Waals surface area (Å²) in [5.74, 6) is -0.963. The van der Waals surface area contributed by atoms with Gasteiger partial charge in [0.1, 0.15) is 0 Å². The van der Waals surface area contributed by atoms with Crippen LogP contribution in [-0.2, 0) is 16.0 Å². The topological polar surface area (TPSA) is 69.6 Å². The van der Waals surface area contributed by atoms with Crippen LogP contribution in [0.1, 0.15) is 24.8 Å². The maximum absolute atomic E-state index is 11.8. The molecule has 1 aromatic carbocycles. The summed E-state index contributed by atoms with van der Waals surface area (Å²) in [6.07, 6.45) is 3.81. The van der Waals surface area contributed by atoms with Crippen molar-refractivity contribution in [3.63, 3.8) is 0 Å². The van der Waals surface area contributed by atoms with Gasteiger partial charge in [-0.15, -0.1) is 0 Å². The lowest BCUT2D eigenvalue weighted by atomic mass is 10.1. The first-order chi connectivity index (χ1) is 10.1. The van der Waals surface area contributed by atoms with Gasteiger partial charge in [-0.05, 0) is 31.2 Å². The molecule has 0 heterocycles. The average Bonchev–Trinajstić information content (AvgIpc) is 3.28. The maximum atomic E-state index is 11.8. The largest absolute Gasteiger partial charge is 0.480 e. The molecule has 5 heteroatoms. The Morgan fingerprint density at radius 3 is 2.52 bits per heavy atom. The highest BCUT2D eigenvalue weighted by Crippen LogP contribution is 2.26. The number of carboxylic acids is 1. The zero-order valence-corrected chi connectivity index (χ0v) is 12.1. The fourth-order valence-electron chi connectivity index (χ4n) is 2.33. The van der Waals surface area contributed by atoms with Crippen LogP contribution in [0, 0.1) is 0 Å². The molecule has 0 spiro atoms. The third kappa shape index (κ3) is 5.95. The fourth-order valence-corrected chi connectivity index (χ4v) is 2.33. The number of aryl methyl sites for hydroxylation is 1. The SMILES string of the molecule is O=C(O)CN(CC(=O)NCCCc1ccccc1)C1CC1. The quantitative estimate of drug-likeness (QED) is 0.672. The minimum atomic E-state index is -0.876. The van der Waals surface area contributed by atoms with E-state index in [1.54, 1.807) is 4.90 Å². The standard InChI is InChI=1S/C16H22N2O3/c19-15(11-18(12-16(20)21)14-8-9-14)17-10-4-7-13-5-2-1-3-6-13/h1-3,5-6,14H,4,7-12H2,(H,17,19)(H,20,21). The summed E-state index contributed by atoms with van der Waals surface area (Å²) >= 11 is 0. The molecule has 0 aliphatic heterocycles. The first-order valence-corrected chi connectivity index (χ1v) is 7.41. The average molecular weight is 290 g/mol. The Morgan fingerprint density at radius 1 is 1.19 bits per heavy atom. The number of rotatable bonds is 9. The Morgan fingerprint density at radius 2 is 1.90 bits per heavy atom. The predicted octanol–water partition coefficient (Wildman–Crippen LogP) is 1.28. The maximum Gasteiger partial charge on any atom is 0.317 e. The van der Waals surface area contributed by atoms with Crippen LogP contribution in [0.2, 0.25) is 0 Å². The van der Waals surface area contributed by atoms with Gasteiger partial charge in [-0.2, -0.15) is 0 Å². The Kier molecular flexibility index (Phi) is 5.75. The number of carbonyl (C=O) groups excluding carboxylic acids is 1. The molecule has 21 heavy (non-hydrogen) atoms. The molecule has 1 aromatic rings. The molecule has 2 N–H and O–H groups in total. The van der Waals surface area contributed by atoms with E-state index in [2.05, 4.69) is 17.4 Å². The van der Waals surface area contributed by atoms with Gasteiger partial charge in [0.2, 0.25) is 5.91 Å². The monoisotopic (exact) mass is 290 g/mol. The number of carboxylic acid groups (broad SMARTS) is 1. The molecule has 5 nitrogen and oxygen atoms in total. The molecular formula is C16H22N2O3. The van der Waals surface area contributed by atoms with Gasteiger partial charge in [-0.25, -0.2) is 0 Å². The van der Waals surface area contributed by atoms with Gasteiger partial charge in [0.15, 0.2) is 0 Å². The zero-order chi connectivity index (χ0) is 15.1. The van der Waals surface area contributed by atoms with E-state index >= 15 is 0 Å². The van der Waals surface area contributed by atoms with Crippen LogP contribution in [0.4, 0.5) is 0 Å². The van der Waals surface area contributed by atoms with Crippen molar-refractivity contribution in [3.05, 3.63) is 35.9 Å². The van der Waals surface area contributed by atoms with Gasteiger partial charge in [0, 0.05) is 12.6 Å². The lowest BCUT2D eigenvalue weighted by Crippen LogP contribution is -2.41. The van der Waals surface area contributed by atoms with Crippen LogP contribution in [0.3, 0.4) is 0 Å². The highest BCUT2D eigenvalue weighted by atomic mass is 16.4. The van der Waals surface area contributed by atoms with Crippen molar-refractivity contribution in [2.75, 3.05) is 19.6 Å². The van der Waals surface area contributed by atoms with E-state index in [1.165, 1.54) is 5.56 Å². The van der Waals surface area contributed by atoms with Crippen molar-refractivity contribution in [2.24, 2.45) is 0 Å². The molecule has 0 unspecified atom stereocenters. The lowest BCUT2D eigenvalue weighted by molar-refractivity contribution is -0.138. The number of hydrogen-bond acceptors (Lipinski definition) is 3. The molecule has 0 atom stereocenters. The molecule has 0 aromatic heterocycles. The second-order valence-corrected chi connectivity index (χ2v) is 5.47. The number of amides is 1. The molecule has 1 saturated carbocycles. The highest BCUT2D eigenvalue weighted by molar-refractivity contribution is 5.79. The van der Waals surface area contributed by atoms with E-state index in [4.69, 9.17) is 5.11 Å². The molecular weight excluding hydrogens is 268 g/mol. The molecule has 0 saturated heterocycles. The van der Waals surface area contributed by atoms with E-state index in [-0.39, 0.29) is 25.0 Å². The Labute approximate surface area is 125 Å². The van der Waals surface area contributed by atoms with Crippen molar-refractivity contribution in [1.82, 2.24) is 10.2 Å². The molecule has 1 amide bonds. The highest BCUT2D eigenvalue weighted by Gasteiger charge is 2.31. The summed E-state index contributed by atoms with van der Waals surface area (Å²) in [7, 11) is 0. The van der Waals surface area contributed by atoms with Crippen molar-refractivity contribution in [1.29, 1.82) is 0 Å². The number of aliphatic carboxylic acids is 1. The summed E-state index contributed by atoms with van der Waals surface area (Å²) in [5.41, 5.74) is 1.26. The first kappa shape index (κ1) is 15.5. The van der Waals surface area contributed by atoms with Gasteiger partial charge in [-0.1, -0.05) is 30.3 Å².